The van der Waals surface area contributed by atoms with Gasteiger partial charge in [-0.3, -0.25) is 4.79 Å². The number of aromatic nitrogens is 2. The van der Waals surface area contributed by atoms with Crippen LogP contribution in [-0.4, -0.2) is 33.5 Å². The van der Waals surface area contributed by atoms with Crippen LogP contribution in [0.15, 0.2) is 36.8 Å². The summed E-state index contributed by atoms with van der Waals surface area (Å²) in [5.74, 6) is -1.01. The topological polar surface area (TPSA) is 92.2 Å². The molecule has 1 amide bonds. The second-order valence-corrected chi connectivity index (χ2v) is 5.48. The molecule has 0 atom stereocenters. The van der Waals surface area contributed by atoms with Gasteiger partial charge in [-0.15, -0.1) is 0 Å². The zero-order valence-corrected chi connectivity index (χ0v) is 13.1. The quantitative estimate of drug-likeness (QED) is 0.853. The molecule has 0 aliphatic heterocycles. The summed E-state index contributed by atoms with van der Waals surface area (Å²) in [6.07, 6.45) is 3.59. The molecule has 1 aromatic carbocycles. The summed E-state index contributed by atoms with van der Waals surface area (Å²) in [6, 6.07) is 6.62. The van der Waals surface area contributed by atoms with Gasteiger partial charge in [0.05, 0.1) is 16.8 Å². The van der Waals surface area contributed by atoms with E-state index in [0.717, 1.165) is 11.3 Å². The molecule has 0 radical (unpaired) electrons. The number of amides is 1. The predicted octanol–water partition coefficient (Wildman–Crippen LogP) is 2.27. The Hall–Kier alpha value is -2.76. The molecule has 1 heterocycles. The molecule has 2 N–H and O–H groups in total. The highest BCUT2D eigenvalue weighted by Gasteiger charge is 2.14. The highest BCUT2D eigenvalue weighted by Crippen LogP contribution is 2.15. The zero-order valence-electron chi connectivity index (χ0n) is 13.1. The number of carboxylic acid groups (broad SMARTS) is 1. The maximum absolute atomic E-state index is 12.2. The van der Waals surface area contributed by atoms with Crippen molar-refractivity contribution >= 4 is 11.9 Å². The van der Waals surface area contributed by atoms with Crippen LogP contribution in [0, 0.1) is 0 Å². The predicted molar refractivity (Wildman–Crippen MR) is 85.6 cm³/mol. The van der Waals surface area contributed by atoms with Crippen LogP contribution in [-0.2, 0) is 6.42 Å². The van der Waals surface area contributed by atoms with E-state index >= 15 is 0 Å². The zero-order chi connectivity index (χ0) is 16.8. The number of carbonyl (C=O) groups excluding carboxylic acids is 1. The fraction of sp³-hybridized carbons (Fsp3) is 0.294. The van der Waals surface area contributed by atoms with Gasteiger partial charge in [-0.2, -0.15) is 0 Å². The molecule has 0 aliphatic carbocycles. The van der Waals surface area contributed by atoms with Crippen LogP contribution in [0.25, 0.3) is 0 Å². The Balaban J connectivity index is 1.94. The molecule has 2 aromatic rings. The third kappa shape index (κ3) is 4.35. The van der Waals surface area contributed by atoms with Gasteiger partial charge in [0.1, 0.15) is 6.33 Å². The van der Waals surface area contributed by atoms with Crippen molar-refractivity contribution < 1.29 is 14.7 Å². The first-order valence-electron chi connectivity index (χ1n) is 7.39. The second kappa shape index (κ2) is 7.49. The second-order valence-electron chi connectivity index (χ2n) is 5.48. The normalized spacial score (nSPS) is 10.6. The summed E-state index contributed by atoms with van der Waals surface area (Å²) in [6.45, 7) is 4.41. The van der Waals surface area contributed by atoms with E-state index < -0.39 is 5.97 Å². The fourth-order valence-corrected chi connectivity index (χ4v) is 2.20. The number of benzene rings is 1. The highest BCUT2D eigenvalue weighted by molar-refractivity contribution is 5.95. The summed E-state index contributed by atoms with van der Waals surface area (Å²) in [4.78, 5) is 31.1. The van der Waals surface area contributed by atoms with Gasteiger partial charge in [0.25, 0.3) is 5.91 Å². The lowest BCUT2D eigenvalue weighted by atomic mass is 10.0. The summed E-state index contributed by atoms with van der Waals surface area (Å²) >= 11 is 0. The standard InChI is InChI=1S/C17H19N3O3/c1-11(2)15-14(9-18-10-20-15)16(21)19-8-7-12-3-5-13(6-4-12)17(22)23/h3-6,9-11H,7-8H2,1-2H3,(H,19,21)(H,22,23). The molecule has 0 unspecified atom stereocenters. The minimum absolute atomic E-state index is 0.141. The van der Waals surface area contributed by atoms with Crippen molar-refractivity contribution in [2.75, 3.05) is 6.54 Å². The van der Waals surface area contributed by atoms with Gasteiger partial charge >= 0.3 is 5.97 Å². The number of carbonyl (C=O) groups is 2. The molecule has 0 fully saturated rings. The molecule has 0 bridgehead atoms. The average molecular weight is 313 g/mol. The maximum Gasteiger partial charge on any atom is 0.335 e. The molecule has 120 valence electrons. The Morgan fingerprint density at radius 1 is 1.22 bits per heavy atom. The number of nitrogens with one attached hydrogen (secondary N) is 1. The SMILES string of the molecule is CC(C)c1ncncc1C(=O)NCCc1ccc(C(=O)O)cc1. The van der Waals surface area contributed by atoms with Crippen LogP contribution in [0.4, 0.5) is 0 Å². The summed E-state index contributed by atoms with van der Waals surface area (Å²) in [7, 11) is 0. The maximum atomic E-state index is 12.2. The molecular weight excluding hydrogens is 294 g/mol. The molecule has 0 aliphatic rings. The van der Waals surface area contributed by atoms with E-state index in [2.05, 4.69) is 15.3 Å². The van der Waals surface area contributed by atoms with E-state index in [4.69, 9.17) is 5.11 Å². The lowest BCUT2D eigenvalue weighted by molar-refractivity contribution is 0.0696. The van der Waals surface area contributed by atoms with E-state index in [1.165, 1.54) is 12.5 Å². The lowest BCUT2D eigenvalue weighted by Crippen LogP contribution is -2.27. The Labute approximate surface area is 134 Å². The van der Waals surface area contributed by atoms with Crippen LogP contribution in [0.5, 0.6) is 0 Å². The van der Waals surface area contributed by atoms with Crippen molar-refractivity contribution in [3.63, 3.8) is 0 Å². The molecule has 0 saturated heterocycles. The van der Waals surface area contributed by atoms with E-state index in [1.807, 2.05) is 13.8 Å². The molecule has 0 saturated carbocycles. The van der Waals surface area contributed by atoms with Crippen LogP contribution in [0.3, 0.4) is 0 Å². The molecule has 2 rings (SSSR count). The van der Waals surface area contributed by atoms with Crippen LogP contribution in [0.2, 0.25) is 0 Å². The number of nitrogens with zero attached hydrogens (tertiary/aromatic N) is 2. The van der Waals surface area contributed by atoms with Gasteiger partial charge in [0, 0.05) is 12.7 Å². The Morgan fingerprint density at radius 3 is 2.52 bits per heavy atom. The van der Waals surface area contributed by atoms with E-state index in [9.17, 15) is 9.59 Å². The summed E-state index contributed by atoms with van der Waals surface area (Å²) in [5, 5.41) is 11.7. The summed E-state index contributed by atoms with van der Waals surface area (Å²) in [5.41, 5.74) is 2.43. The third-order valence-corrected chi connectivity index (χ3v) is 3.43. The van der Waals surface area contributed by atoms with E-state index in [-0.39, 0.29) is 17.4 Å². The Morgan fingerprint density at radius 2 is 1.91 bits per heavy atom. The number of hydrogen-bond donors (Lipinski definition) is 2. The van der Waals surface area contributed by atoms with Gasteiger partial charge in [0.2, 0.25) is 0 Å². The van der Waals surface area contributed by atoms with Crippen LogP contribution in [0.1, 0.15) is 51.7 Å². The van der Waals surface area contributed by atoms with Crippen molar-refractivity contribution in [3.8, 4) is 0 Å². The van der Waals surface area contributed by atoms with E-state index in [0.29, 0.717) is 18.5 Å². The third-order valence-electron chi connectivity index (χ3n) is 3.43. The Bertz CT molecular complexity index is 696. The van der Waals surface area contributed by atoms with Gasteiger partial charge in [0.15, 0.2) is 0 Å². The molecular formula is C17H19N3O3. The molecule has 1 aromatic heterocycles. The molecule has 6 nitrogen and oxygen atoms in total. The largest absolute Gasteiger partial charge is 0.478 e. The van der Waals surface area contributed by atoms with Gasteiger partial charge < -0.3 is 10.4 Å². The van der Waals surface area contributed by atoms with Gasteiger partial charge in [-0.25, -0.2) is 14.8 Å². The first-order valence-corrected chi connectivity index (χ1v) is 7.39. The first-order chi connectivity index (χ1) is 11.0. The molecule has 23 heavy (non-hydrogen) atoms. The van der Waals surface area contributed by atoms with Crippen molar-refractivity contribution in [2.45, 2.75) is 26.2 Å². The van der Waals surface area contributed by atoms with Crippen LogP contribution >= 0.6 is 0 Å². The smallest absolute Gasteiger partial charge is 0.335 e. The number of hydrogen-bond acceptors (Lipinski definition) is 4. The van der Waals surface area contributed by atoms with Crippen molar-refractivity contribution in [3.05, 3.63) is 59.2 Å². The highest BCUT2D eigenvalue weighted by atomic mass is 16.4. The monoisotopic (exact) mass is 313 g/mol. The first kappa shape index (κ1) is 16.6. The van der Waals surface area contributed by atoms with Gasteiger partial charge in [-0.05, 0) is 30.0 Å². The minimum Gasteiger partial charge on any atom is -0.478 e. The van der Waals surface area contributed by atoms with Crippen molar-refractivity contribution in [1.82, 2.24) is 15.3 Å². The van der Waals surface area contributed by atoms with Gasteiger partial charge in [-0.1, -0.05) is 26.0 Å². The fourth-order valence-electron chi connectivity index (χ4n) is 2.20. The molecule has 0 spiro atoms. The number of rotatable bonds is 6. The van der Waals surface area contributed by atoms with Crippen LogP contribution < -0.4 is 5.32 Å². The average Bonchev–Trinajstić information content (AvgIpc) is 2.55. The van der Waals surface area contributed by atoms with Crippen molar-refractivity contribution in [2.24, 2.45) is 0 Å². The number of aromatic carboxylic acids is 1. The summed E-state index contributed by atoms with van der Waals surface area (Å²) < 4.78 is 0. The minimum atomic E-state index is -0.949. The lowest BCUT2D eigenvalue weighted by Gasteiger charge is -2.11. The number of carboxylic acids is 1. The van der Waals surface area contributed by atoms with Crippen molar-refractivity contribution in [1.29, 1.82) is 0 Å². The van der Waals surface area contributed by atoms with E-state index in [1.54, 1.807) is 24.3 Å². The molecule has 6 heteroatoms. The Kier molecular flexibility index (Phi) is 5.41.